The first-order valence-electron chi connectivity index (χ1n) is 5.95. The van der Waals surface area contributed by atoms with E-state index in [0.29, 0.717) is 17.9 Å². The molecule has 0 saturated heterocycles. The van der Waals surface area contributed by atoms with E-state index < -0.39 is 7.82 Å². The predicted molar refractivity (Wildman–Crippen MR) is 73.3 cm³/mol. The van der Waals surface area contributed by atoms with Crippen molar-refractivity contribution >= 4 is 7.82 Å². The molecule has 0 aliphatic heterocycles. The van der Waals surface area contributed by atoms with Crippen LogP contribution in [0.4, 0.5) is 0 Å². The smallest absolute Gasteiger partial charge is 0.395 e. The van der Waals surface area contributed by atoms with Crippen molar-refractivity contribution in [3.8, 4) is 11.5 Å². The van der Waals surface area contributed by atoms with Crippen LogP contribution < -0.4 is 9.05 Å². The second kappa shape index (κ2) is 5.91. The molecule has 0 aliphatic carbocycles. The van der Waals surface area contributed by atoms with E-state index in [1.165, 1.54) is 0 Å². The molecular weight excluding hydrogens is 263 g/mol. The lowest BCUT2D eigenvalue weighted by Crippen LogP contribution is -2.01. The van der Waals surface area contributed by atoms with Gasteiger partial charge in [-0.05, 0) is 30.2 Å². The van der Waals surface area contributed by atoms with E-state index in [2.05, 4.69) is 0 Å². The molecule has 0 radical (unpaired) electrons. The van der Waals surface area contributed by atoms with Crippen molar-refractivity contribution < 1.29 is 18.5 Å². The molecule has 0 amide bonds. The third kappa shape index (κ3) is 3.85. The van der Waals surface area contributed by atoms with E-state index in [0.717, 1.165) is 5.56 Å². The zero-order chi connectivity index (χ0) is 13.7. The lowest BCUT2D eigenvalue weighted by atomic mass is 10.1. The Morgan fingerprint density at radius 1 is 1.00 bits per heavy atom. The summed E-state index contributed by atoms with van der Waals surface area (Å²) in [5.41, 5.74) is 0.855. The Bertz CT molecular complexity index is 583. The SMILES string of the molecule is CCc1ccccc1OP(=O)(O)Oc1ccccc1. The van der Waals surface area contributed by atoms with Crippen LogP contribution in [0.15, 0.2) is 54.6 Å². The Labute approximate surface area is 112 Å². The van der Waals surface area contributed by atoms with Crippen LogP contribution in [-0.2, 0) is 11.0 Å². The number of hydrogen-bond acceptors (Lipinski definition) is 3. The summed E-state index contributed by atoms with van der Waals surface area (Å²) in [6.45, 7) is 1.95. The fraction of sp³-hybridized carbons (Fsp3) is 0.143. The van der Waals surface area contributed by atoms with Crippen LogP contribution >= 0.6 is 7.82 Å². The molecule has 0 bridgehead atoms. The lowest BCUT2D eigenvalue weighted by Gasteiger charge is -2.15. The van der Waals surface area contributed by atoms with Gasteiger partial charge in [-0.1, -0.05) is 43.3 Å². The van der Waals surface area contributed by atoms with Crippen molar-refractivity contribution in [2.75, 3.05) is 0 Å². The Kier molecular flexibility index (Phi) is 4.25. The highest BCUT2D eigenvalue weighted by Gasteiger charge is 2.25. The summed E-state index contributed by atoms with van der Waals surface area (Å²) in [7, 11) is -4.18. The highest BCUT2D eigenvalue weighted by Crippen LogP contribution is 2.45. The monoisotopic (exact) mass is 278 g/mol. The molecule has 5 heteroatoms. The van der Waals surface area contributed by atoms with Gasteiger partial charge in [0.25, 0.3) is 0 Å². The maximum atomic E-state index is 11.9. The number of benzene rings is 2. The molecule has 0 saturated carbocycles. The van der Waals surface area contributed by atoms with Gasteiger partial charge in [0.1, 0.15) is 11.5 Å². The minimum Gasteiger partial charge on any atom is -0.395 e. The van der Waals surface area contributed by atoms with Gasteiger partial charge in [0.15, 0.2) is 0 Å². The van der Waals surface area contributed by atoms with Crippen molar-refractivity contribution in [2.24, 2.45) is 0 Å². The van der Waals surface area contributed by atoms with Gasteiger partial charge >= 0.3 is 7.82 Å². The average Bonchev–Trinajstić information content (AvgIpc) is 2.39. The Hall–Kier alpha value is -1.77. The molecule has 0 aromatic heterocycles. The fourth-order valence-electron chi connectivity index (χ4n) is 1.64. The van der Waals surface area contributed by atoms with Crippen LogP contribution in [0, 0.1) is 0 Å². The van der Waals surface area contributed by atoms with Crippen LogP contribution in [-0.4, -0.2) is 4.89 Å². The largest absolute Gasteiger partial charge is 0.584 e. The summed E-state index contributed by atoms with van der Waals surface area (Å²) in [4.78, 5) is 9.75. The maximum absolute atomic E-state index is 11.9. The van der Waals surface area contributed by atoms with Crippen molar-refractivity contribution in [2.45, 2.75) is 13.3 Å². The first kappa shape index (κ1) is 13.7. The van der Waals surface area contributed by atoms with Gasteiger partial charge in [0, 0.05) is 0 Å². The number of phosphoric acid groups is 1. The zero-order valence-corrected chi connectivity index (χ0v) is 11.4. The van der Waals surface area contributed by atoms with E-state index >= 15 is 0 Å². The molecule has 19 heavy (non-hydrogen) atoms. The van der Waals surface area contributed by atoms with E-state index in [9.17, 15) is 9.46 Å². The van der Waals surface area contributed by atoms with Gasteiger partial charge in [-0.3, -0.25) is 4.89 Å². The summed E-state index contributed by atoms with van der Waals surface area (Å²) in [6.07, 6.45) is 0.710. The molecule has 1 unspecified atom stereocenters. The quantitative estimate of drug-likeness (QED) is 0.845. The second-order valence-corrected chi connectivity index (χ2v) is 5.23. The first-order valence-corrected chi connectivity index (χ1v) is 7.45. The third-order valence-electron chi connectivity index (χ3n) is 2.53. The second-order valence-electron chi connectivity index (χ2n) is 3.93. The van der Waals surface area contributed by atoms with Crippen LogP contribution in [0.25, 0.3) is 0 Å². The standard InChI is InChI=1S/C14H15O4P/c1-2-12-8-6-7-11-14(12)18-19(15,16)17-13-9-4-3-5-10-13/h3-11H,2H2,1H3,(H,15,16). The number of para-hydroxylation sites is 2. The third-order valence-corrected chi connectivity index (χ3v) is 3.40. The molecule has 0 spiro atoms. The summed E-state index contributed by atoms with van der Waals surface area (Å²) in [5, 5.41) is 0. The zero-order valence-electron chi connectivity index (χ0n) is 10.5. The average molecular weight is 278 g/mol. The van der Waals surface area contributed by atoms with Gasteiger partial charge < -0.3 is 9.05 Å². The minimum atomic E-state index is -4.18. The summed E-state index contributed by atoms with van der Waals surface area (Å²) in [6, 6.07) is 15.5. The van der Waals surface area contributed by atoms with Gasteiger partial charge in [-0.2, -0.15) is 0 Å². The molecule has 1 N–H and O–H groups in total. The molecule has 2 aromatic rings. The molecular formula is C14H15O4P. The van der Waals surface area contributed by atoms with E-state index in [1.54, 1.807) is 42.5 Å². The van der Waals surface area contributed by atoms with Crippen LogP contribution in [0.3, 0.4) is 0 Å². The topological polar surface area (TPSA) is 55.8 Å². The Balaban J connectivity index is 2.15. The molecule has 2 rings (SSSR count). The summed E-state index contributed by atoms with van der Waals surface area (Å²) < 4.78 is 22.0. The van der Waals surface area contributed by atoms with Crippen LogP contribution in [0.1, 0.15) is 12.5 Å². The highest BCUT2D eigenvalue weighted by atomic mass is 31.2. The van der Waals surface area contributed by atoms with Gasteiger partial charge in [0.2, 0.25) is 0 Å². The number of phosphoric ester groups is 1. The molecule has 0 fully saturated rings. The van der Waals surface area contributed by atoms with E-state index in [1.807, 2.05) is 19.1 Å². The van der Waals surface area contributed by atoms with E-state index in [4.69, 9.17) is 9.05 Å². The van der Waals surface area contributed by atoms with Crippen LogP contribution in [0.5, 0.6) is 11.5 Å². The molecule has 0 heterocycles. The van der Waals surface area contributed by atoms with Crippen molar-refractivity contribution in [1.82, 2.24) is 0 Å². The van der Waals surface area contributed by atoms with Crippen molar-refractivity contribution in [3.63, 3.8) is 0 Å². The van der Waals surface area contributed by atoms with E-state index in [-0.39, 0.29) is 0 Å². The number of hydrogen-bond donors (Lipinski definition) is 1. The maximum Gasteiger partial charge on any atom is 0.584 e. The number of rotatable bonds is 5. The minimum absolute atomic E-state index is 0.294. The molecule has 1 atom stereocenters. The normalized spacial score (nSPS) is 13.6. The van der Waals surface area contributed by atoms with Crippen LogP contribution in [0.2, 0.25) is 0 Å². The fourth-order valence-corrected chi connectivity index (χ4v) is 2.49. The lowest BCUT2D eigenvalue weighted by molar-refractivity contribution is 0.290. The van der Waals surface area contributed by atoms with Gasteiger partial charge in [0.05, 0.1) is 0 Å². The summed E-state index contributed by atoms with van der Waals surface area (Å²) >= 11 is 0. The van der Waals surface area contributed by atoms with Crippen molar-refractivity contribution in [3.05, 3.63) is 60.2 Å². The van der Waals surface area contributed by atoms with Gasteiger partial charge in [-0.25, -0.2) is 4.57 Å². The summed E-state index contributed by atoms with van der Waals surface area (Å²) in [5.74, 6) is 0.661. The molecule has 0 aliphatic rings. The number of aryl methyl sites for hydroxylation is 1. The molecule has 100 valence electrons. The Morgan fingerprint density at radius 3 is 2.32 bits per heavy atom. The first-order chi connectivity index (χ1) is 9.11. The predicted octanol–water partition coefficient (Wildman–Crippen LogP) is 3.81. The van der Waals surface area contributed by atoms with Gasteiger partial charge in [-0.15, -0.1) is 0 Å². The highest BCUT2D eigenvalue weighted by molar-refractivity contribution is 7.48. The van der Waals surface area contributed by atoms with Crippen molar-refractivity contribution in [1.29, 1.82) is 0 Å². The Morgan fingerprint density at radius 2 is 1.63 bits per heavy atom. The molecule has 2 aromatic carbocycles. The molecule has 4 nitrogen and oxygen atoms in total.